The van der Waals surface area contributed by atoms with Gasteiger partial charge < -0.3 is 15.0 Å². The van der Waals surface area contributed by atoms with Crippen molar-refractivity contribution in [1.82, 2.24) is 10.2 Å². The fourth-order valence-electron chi connectivity index (χ4n) is 1.38. The monoisotopic (exact) mass is 228 g/mol. The summed E-state index contributed by atoms with van der Waals surface area (Å²) >= 11 is 0. The molecule has 0 aromatic rings. The highest BCUT2D eigenvalue weighted by Crippen LogP contribution is 2.03. The van der Waals surface area contributed by atoms with Gasteiger partial charge in [-0.3, -0.25) is 4.79 Å². The highest BCUT2D eigenvalue weighted by molar-refractivity contribution is 5.78. The summed E-state index contributed by atoms with van der Waals surface area (Å²) in [5, 5.41) is 3.02. The van der Waals surface area contributed by atoms with Gasteiger partial charge in [-0.1, -0.05) is 13.0 Å². The lowest BCUT2D eigenvalue weighted by Gasteiger charge is -2.28. The van der Waals surface area contributed by atoms with Gasteiger partial charge in [0.05, 0.1) is 13.2 Å². The second kappa shape index (κ2) is 9.36. The summed E-state index contributed by atoms with van der Waals surface area (Å²) in [6.07, 6.45) is 2.70. The van der Waals surface area contributed by atoms with Gasteiger partial charge in [0.15, 0.2) is 0 Å². The summed E-state index contributed by atoms with van der Waals surface area (Å²) in [7, 11) is 1.65. The fourth-order valence-corrected chi connectivity index (χ4v) is 1.38. The van der Waals surface area contributed by atoms with Crippen LogP contribution in [0.4, 0.5) is 0 Å². The second-order valence-electron chi connectivity index (χ2n) is 3.76. The number of hydrogen-bond donors (Lipinski definition) is 1. The number of amides is 1. The summed E-state index contributed by atoms with van der Waals surface area (Å²) in [5.41, 5.74) is 0. The lowest BCUT2D eigenvalue weighted by atomic mass is 10.2. The van der Waals surface area contributed by atoms with Gasteiger partial charge >= 0.3 is 0 Å². The Kier molecular flexibility index (Phi) is 8.85. The Morgan fingerprint density at radius 2 is 2.31 bits per heavy atom. The minimum absolute atomic E-state index is 0.119. The van der Waals surface area contributed by atoms with Gasteiger partial charge in [-0.05, 0) is 13.3 Å². The van der Waals surface area contributed by atoms with Crippen LogP contribution >= 0.6 is 0 Å². The van der Waals surface area contributed by atoms with E-state index in [2.05, 4.69) is 25.7 Å². The lowest BCUT2D eigenvalue weighted by molar-refractivity contribution is -0.133. The second-order valence-corrected chi connectivity index (χ2v) is 3.76. The fraction of sp³-hybridized carbons (Fsp3) is 0.750. The van der Waals surface area contributed by atoms with Crippen molar-refractivity contribution < 1.29 is 9.53 Å². The van der Waals surface area contributed by atoms with Crippen molar-refractivity contribution in [2.75, 3.05) is 33.4 Å². The molecule has 0 aromatic heterocycles. The molecule has 16 heavy (non-hydrogen) atoms. The summed E-state index contributed by atoms with van der Waals surface area (Å²) in [6.45, 7) is 9.98. The zero-order chi connectivity index (χ0) is 12.4. The predicted octanol–water partition coefficient (Wildman–Crippen LogP) is 1.04. The SMILES string of the molecule is C=CCNCC(=O)N(CCOC)C(C)CC. The van der Waals surface area contributed by atoms with Crippen LogP contribution in [-0.4, -0.2) is 50.2 Å². The van der Waals surface area contributed by atoms with Crippen LogP contribution in [0.15, 0.2) is 12.7 Å². The first-order valence-corrected chi connectivity index (χ1v) is 5.77. The van der Waals surface area contributed by atoms with E-state index in [9.17, 15) is 4.79 Å². The van der Waals surface area contributed by atoms with Crippen LogP contribution in [0.5, 0.6) is 0 Å². The maximum atomic E-state index is 11.9. The van der Waals surface area contributed by atoms with Crippen LogP contribution in [0.25, 0.3) is 0 Å². The smallest absolute Gasteiger partial charge is 0.236 e. The van der Waals surface area contributed by atoms with Crippen molar-refractivity contribution in [1.29, 1.82) is 0 Å². The van der Waals surface area contributed by atoms with Gasteiger partial charge in [0.1, 0.15) is 0 Å². The van der Waals surface area contributed by atoms with E-state index < -0.39 is 0 Å². The van der Waals surface area contributed by atoms with E-state index in [1.54, 1.807) is 13.2 Å². The number of nitrogens with one attached hydrogen (secondary N) is 1. The normalized spacial score (nSPS) is 12.2. The minimum atomic E-state index is 0.119. The van der Waals surface area contributed by atoms with Crippen molar-refractivity contribution >= 4 is 5.91 Å². The molecular formula is C12H24N2O2. The molecule has 0 aliphatic heterocycles. The number of hydrogen-bond acceptors (Lipinski definition) is 3. The Morgan fingerprint density at radius 3 is 2.81 bits per heavy atom. The van der Waals surface area contributed by atoms with Crippen molar-refractivity contribution in [3.05, 3.63) is 12.7 Å². The van der Waals surface area contributed by atoms with Gasteiger partial charge in [-0.25, -0.2) is 0 Å². The third-order valence-corrected chi connectivity index (χ3v) is 2.54. The van der Waals surface area contributed by atoms with Crippen molar-refractivity contribution in [2.24, 2.45) is 0 Å². The van der Waals surface area contributed by atoms with E-state index in [4.69, 9.17) is 4.74 Å². The molecule has 0 aliphatic rings. The third kappa shape index (κ3) is 5.88. The Balaban J connectivity index is 4.14. The van der Waals surface area contributed by atoms with Gasteiger partial charge in [0.2, 0.25) is 5.91 Å². The minimum Gasteiger partial charge on any atom is -0.383 e. The van der Waals surface area contributed by atoms with E-state index in [1.165, 1.54) is 0 Å². The van der Waals surface area contributed by atoms with Crippen LogP contribution in [0.2, 0.25) is 0 Å². The Bertz CT molecular complexity index is 207. The van der Waals surface area contributed by atoms with Gasteiger partial charge in [0, 0.05) is 26.2 Å². The highest BCUT2D eigenvalue weighted by Gasteiger charge is 2.17. The molecule has 1 atom stereocenters. The molecule has 0 aromatic carbocycles. The maximum Gasteiger partial charge on any atom is 0.236 e. The molecule has 0 aliphatic carbocycles. The molecule has 0 bridgehead atoms. The summed E-state index contributed by atoms with van der Waals surface area (Å²) < 4.78 is 5.01. The molecule has 4 heteroatoms. The first-order chi connectivity index (χ1) is 7.67. The molecule has 0 saturated carbocycles. The molecule has 0 fully saturated rings. The topological polar surface area (TPSA) is 41.6 Å². The summed E-state index contributed by atoms with van der Waals surface area (Å²) in [5.74, 6) is 0.119. The number of carbonyl (C=O) groups is 1. The number of methoxy groups -OCH3 is 1. The van der Waals surface area contributed by atoms with Crippen LogP contribution < -0.4 is 5.32 Å². The highest BCUT2D eigenvalue weighted by atomic mass is 16.5. The molecule has 0 spiro atoms. The van der Waals surface area contributed by atoms with E-state index in [0.717, 1.165) is 6.42 Å². The molecule has 4 nitrogen and oxygen atoms in total. The largest absolute Gasteiger partial charge is 0.383 e. The van der Waals surface area contributed by atoms with Gasteiger partial charge in [0.25, 0.3) is 0 Å². The molecule has 0 radical (unpaired) electrons. The zero-order valence-corrected chi connectivity index (χ0v) is 10.7. The molecule has 94 valence electrons. The van der Waals surface area contributed by atoms with Crippen LogP contribution in [0.3, 0.4) is 0 Å². The number of rotatable bonds is 9. The van der Waals surface area contributed by atoms with E-state index in [0.29, 0.717) is 26.2 Å². The molecule has 0 rings (SSSR count). The first-order valence-electron chi connectivity index (χ1n) is 5.77. The zero-order valence-electron chi connectivity index (χ0n) is 10.7. The summed E-state index contributed by atoms with van der Waals surface area (Å²) in [4.78, 5) is 13.8. The lowest BCUT2D eigenvalue weighted by Crippen LogP contribution is -2.44. The molecule has 1 unspecified atom stereocenters. The molecule has 1 amide bonds. The molecule has 1 N–H and O–H groups in total. The Labute approximate surface area is 98.6 Å². The number of carbonyl (C=O) groups excluding carboxylic acids is 1. The molecule has 0 saturated heterocycles. The average Bonchev–Trinajstić information content (AvgIpc) is 2.29. The van der Waals surface area contributed by atoms with Crippen molar-refractivity contribution in [2.45, 2.75) is 26.3 Å². The number of ether oxygens (including phenoxy) is 1. The molecular weight excluding hydrogens is 204 g/mol. The predicted molar refractivity (Wildman–Crippen MR) is 66.4 cm³/mol. The van der Waals surface area contributed by atoms with Crippen LogP contribution in [0, 0.1) is 0 Å². The first kappa shape index (κ1) is 15.1. The standard InChI is InChI=1S/C12H24N2O2/c1-5-7-13-10-12(15)14(8-9-16-4)11(3)6-2/h5,11,13H,1,6-10H2,2-4H3. The van der Waals surface area contributed by atoms with E-state index in [-0.39, 0.29) is 11.9 Å². The van der Waals surface area contributed by atoms with Gasteiger partial charge in [-0.2, -0.15) is 0 Å². The van der Waals surface area contributed by atoms with Crippen LogP contribution in [-0.2, 0) is 9.53 Å². The number of nitrogens with zero attached hydrogens (tertiary/aromatic N) is 1. The maximum absolute atomic E-state index is 11.9. The van der Waals surface area contributed by atoms with Crippen molar-refractivity contribution in [3.63, 3.8) is 0 Å². The Hall–Kier alpha value is -0.870. The van der Waals surface area contributed by atoms with Crippen LogP contribution in [0.1, 0.15) is 20.3 Å². The quantitative estimate of drug-likeness (QED) is 0.473. The molecule has 0 heterocycles. The van der Waals surface area contributed by atoms with E-state index >= 15 is 0 Å². The average molecular weight is 228 g/mol. The van der Waals surface area contributed by atoms with E-state index in [1.807, 2.05) is 4.90 Å². The van der Waals surface area contributed by atoms with Gasteiger partial charge in [-0.15, -0.1) is 6.58 Å². The Morgan fingerprint density at radius 1 is 1.62 bits per heavy atom. The third-order valence-electron chi connectivity index (χ3n) is 2.54. The summed E-state index contributed by atoms with van der Waals surface area (Å²) in [6, 6.07) is 0.258. The van der Waals surface area contributed by atoms with Crippen molar-refractivity contribution in [3.8, 4) is 0 Å².